The fourth-order valence-corrected chi connectivity index (χ4v) is 2.29. The third-order valence-corrected chi connectivity index (χ3v) is 3.31. The number of nitrogens with two attached hydrogens (primary N) is 1. The predicted octanol–water partition coefficient (Wildman–Crippen LogP) is 0.806. The van der Waals surface area contributed by atoms with Gasteiger partial charge in [0.2, 0.25) is 0 Å². The van der Waals surface area contributed by atoms with Crippen molar-refractivity contribution < 1.29 is 9.53 Å². The first-order chi connectivity index (χ1) is 8.72. The molecular formula is C14H20N2O2. The van der Waals surface area contributed by atoms with Crippen LogP contribution in [0.25, 0.3) is 0 Å². The average Bonchev–Trinajstić information content (AvgIpc) is 2.35. The SMILES string of the molecule is CCOC(=O)C(N)CNCC1Cc2ccccc21. The van der Waals surface area contributed by atoms with Crippen LogP contribution in [-0.4, -0.2) is 31.7 Å². The van der Waals surface area contributed by atoms with Crippen molar-refractivity contribution in [2.75, 3.05) is 19.7 Å². The van der Waals surface area contributed by atoms with Gasteiger partial charge in [-0.3, -0.25) is 4.79 Å². The molecule has 2 rings (SSSR count). The number of esters is 1. The van der Waals surface area contributed by atoms with Crippen LogP contribution in [0.4, 0.5) is 0 Å². The number of rotatable bonds is 6. The molecule has 98 valence electrons. The van der Waals surface area contributed by atoms with Crippen LogP contribution in [-0.2, 0) is 16.0 Å². The molecule has 0 heterocycles. The molecule has 0 saturated carbocycles. The highest BCUT2D eigenvalue weighted by Gasteiger charge is 2.25. The Bertz CT molecular complexity index is 420. The summed E-state index contributed by atoms with van der Waals surface area (Å²) in [5.74, 6) is 0.217. The van der Waals surface area contributed by atoms with Gasteiger partial charge in [0, 0.05) is 19.0 Å². The van der Waals surface area contributed by atoms with E-state index in [9.17, 15) is 4.79 Å². The Morgan fingerprint density at radius 3 is 3.06 bits per heavy atom. The third kappa shape index (κ3) is 2.89. The number of nitrogens with one attached hydrogen (secondary N) is 1. The molecule has 2 atom stereocenters. The molecule has 0 radical (unpaired) electrons. The maximum Gasteiger partial charge on any atom is 0.324 e. The molecule has 0 spiro atoms. The lowest BCUT2D eigenvalue weighted by Crippen LogP contribution is -2.43. The maximum atomic E-state index is 11.3. The van der Waals surface area contributed by atoms with Gasteiger partial charge in [-0.1, -0.05) is 24.3 Å². The van der Waals surface area contributed by atoms with Gasteiger partial charge in [-0.25, -0.2) is 0 Å². The molecule has 1 aromatic carbocycles. The quantitative estimate of drug-likeness (QED) is 0.731. The fourth-order valence-electron chi connectivity index (χ4n) is 2.29. The summed E-state index contributed by atoms with van der Waals surface area (Å²) in [6.07, 6.45) is 1.11. The van der Waals surface area contributed by atoms with Crippen molar-refractivity contribution in [3.05, 3.63) is 35.4 Å². The van der Waals surface area contributed by atoms with Crippen molar-refractivity contribution in [3.8, 4) is 0 Å². The Morgan fingerprint density at radius 1 is 1.56 bits per heavy atom. The molecule has 3 N–H and O–H groups in total. The number of ether oxygens (including phenoxy) is 1. The Hall–Kier alpha value is -1.39. The van der Waals surface area contributed by atoms with Crippen LogP contribution in [0.1, 0.15) is 24.0 Å². The lowest BCUT2D eigenvalue weighted by atomic mass is 9.77. The van der Waals surface area contributed by atoms with E-state index in [1.807, 2.05) is 0 Å². The molecule has 2 unspecified atom stereocenters. The molecule has 0 amide bonds. The largest absolute Gasteiger partial charge is 0.465 e. The second kappa shape index (κ2) is 5.98. The Labute approximate surface area is 108 Å². The van der Waals surface area contributed by atoms with E-state index >= 15 is 0 Å². The zero-order chi connectivity index (χ0) is 13.0. The van der Waals surface area contributed by atoms with Crippen LogP contribution >= 0.6 is 0 Å². The van der Waals surface area contributed by atoms with Crippen molar-refractivity contribution in [3.63, 3.8) is 0 Å². The zero-order valence-electron chi connectivity index (χ0n) is 10.7. The van der Waals surface area contributed by atoms with Gasteiger partial charge in [0.15, 0.2) is 0 Å². The molecule has 4 heteroatoms. The van der Waals surface area contributed by atoms with Gasteiger partial charge < -0.3 is 15.8 Å². The van der Waals surface area contributed by atoms with E-state index in [0.29, 0.717) is 19.1 Å². The lowest BCUT2D eigenvalue weighted by Gasteiger charge is -2.30. The summed E-state index contributed by atoms with van der Waals surface area (Å²) in [5.41, 5.74) is 8.55. The van der Waals surface area contributed by atoms with E-state index in [4.69, 9.17) is 10.5 Å². The van der Waals surface area contributed by atoms with E-state index < -0.39 is 6.04 Å². The number of carbonyl (C=O) groups excluding carboxylic acids is 1. The van der Waals surface area contributed by atoms with Crippen LogP contribution in [0.2, 0.25) is 0 Å². The van der Waals surface area contributed by atoms with Gasteiger partial charge in [0.25, 0.3) is 0 Å². The molecule has 1 aliphatic rings. The van der Waals surface area contributed by atoms with E-state index in [1.54, 1.807) is 6.92 Å². The Kier molecular flexibility index (Phi) is 4.33. The molecule has 0 aliphatic heterocycles. The number of hydrogen-bond donors (Lipinski definition) is 2. The Morgan fingerprint density at radius 2 is 2.33 bits per heavy atom. The van der Waals surface area contributed by atoms with Gasteiger partial charge >= 0.3 is 5.97 Å². The number of benzene rings is 1. The van der Waals surface area contributed by atoms with Crippen LogP contribution in [0.3, 0.4) is 0 Å². The van der Waals surface area contributed by atoms with Crippen molar-refractivity contribution in [1.29, 1.82) is 0 Å². The smallest absolute Gasteiger partial charge is 0.324 e. The van der Waals surface area contributed by atoms with E-state index in [1.165, 1.54) is 11.1 Å². The maximum absolute atomic E-state index is 11.3. The van der Waals surface area contributed by atoms with Gasteiger partial charge in [0.05, 0.1) is 6.61 Å². The summed E-state index contributed by atoms with van der Waals surface area (Å²) in [6.45, 7) is 3.49. The molecule has 0 saturated heterocycles. The zero-order valence-corrected chi connectivity index (χ0v) is 10.7. The molecule has 0 aromatic heterocycles. The van der Waals surface area contributed by atoms with E-state index in [-0.39, 0.29) is 5.97 Å². The number of hydrogen-bond acceptors (Lipinski definition) is 4. The second-order valence-corrected chi connectivity index (χ2v) is 4.62. The monoisotopic (exact) mass is 248 g/mol. The minimum Gasteiger partial charge on any atom is -0.465 e. The summed E-state index contributed by atoms with van der Waals surface area (Å²) in [5, 5.41) is 3.24. The standard InChI is InChI=1S/C14H20N2O2/c1-2-18-14(17)13(15)9-16-8-11-7-10-5-3-4-6-12(10)11/h3-6,11,13,16H,2,7-9,15H2,1H3. The van der Waals surface area contributed by atoms with Crippen LogP contribution in [0.5, 0.6) is 0 Å². The molecule has 0 bridgehead atoms. The molecule has 0 fully saturated rings. The van der Waals surface area contributed by atoms with Crippen molar-refractivity contribution in [2.24, 2.45) is 5.73 Å². The van der Waals surface area contributed by atoms with E-state index in [0.717, 1.165) is 13.0 Å². The lowest BCUT2D eigenvalue weighted by molar-refractivity contribution is -0.144. The number of carbonyl (C=O) groups is 1. The normalized spacial score (nSPS) is 18.7. The first kappa shape index (κ1) is 13.1. The molecule has 4 nitrogen and oxygen atoms in total. The summed E-state index contributed by atoms with van der Waals surface area (Å²) in [4.78, 5) is 11.3. The van der Waals surface area contributed by atoms with Gasteiger partial charge in [0.1, 0.15) is 6.04 Å². The minimum absolute atomic E-state index is 0.334. The second-order valence-electron chi connectivity index (χ2n) is 4.62. The fraction of sp³-hybridized carbons (Fsp3) is 0.500. The van der Waals surface area contributed by atoms with Crippen molar-refractivity contribution >= 4 is 5.97 Å². The van der Waals surface area contributed by atoms with Crippen LogP contribution in [0, 0.1) is 0 Å². The first-order valence-electron chi connectivity index (χ1n) is 6.43. The third-order valence-electron chi connectivity index (χ3n) is 3.31. The molecule has 1 aliphatic carbocycles. The highest BCUT2D eigenvalue weighted by atomic mass is 16.5. The summed E-state index contributed by atoms with van der Waals surface area (Å²) >= 11 is 0. The highest BCUT2D eigenvalue weighted by molar-refractivity contribution is 5.75. The average molecular weight is 248 g/mol. The Balaban J connectivity index is 1.70. The van der Waals surface area contributed by atoms with Gasteiger partial charge in [-0.05, 0) is 24.5 Å². The highest BCUT2D eigenvalue weighted by Crippen LogP contribution is 2.33. The van der Waals surface area contributed by atoms with Crippen LogP contribution < -0.4 is 11.1 Å². The van der Waals surface area contributed by atoms with E-state index in [2.05, 4.69) is 29.6 Å². The molecule has 18 heavy (non-hydrogen) atoms. The van der Waals surface area contributed by atoms with Gasteiger partial charge in [-0.15, -0.1) is 0 Å². The van der Waals surface area contributed by atoms with Crippen LogP contribution in [0.15, 0.2) is 24.3 Å². The summed E-state index contributed by atoms with van der Waals surface area (Å²) in [7, 11) is 0. The molecule has 1 aromatic rings. The number of fused-ring (bicyclic) bond motifs is 1. The minimum atomic E-state index is -0.569. The van der Waals surface area contributed by atoms with Crippen molar-refractivity contribution in [2.45, 2.75) is 25.3 Å². The van der Waals surface area contributed by atoms with Gasteiger partial charge in [-0.2, -0.15) is 0 Å². The summed E-state index contributed by atoms with van der Waals surface area (Å²) < 4.78 is 4.85. The first-order valence-corrected chi connectivity index (χ1v) is 6.43. The molecular weight excluding hydrogens is 228 g/mol. The topological polar surface area (TPSA) is 64.3 Å². The van der Waals surface area contributed by atoms with Crippen molar-refractivity contribution in [1.82, 2.24) is 5.32 Å². The summed E-state index contributed by atoms with van der Waals surface area (Å²) in [6, 6.07) is 7.89. The predicted molar refractivity (Wildman–Crippen MR) is 70.4 cm³/mol.